The second kappa shape index (κ2) is 3.98. The Bertz CT molecular complexity index is 183. The third-order valence-corrected chi connectivity index (χ3v) is 3.47. The van der Waals surface area contributed by atoms with E-state index in [0.717, 1.165) is 23.7 Å². The van der Waals surface area contributed by atoms with Crippen molar-refractivity contribution in [3.63, 3.8) is 0 Å². The van der Waals surface area contributed by atoms with Crippen LogP contribution in [0.1, 0.15) is 20.3 Å². The summed E-state index contributed by atoms with van der Waals surface area (Å²) in [6.45, 7) is 8.61. The normalized spacial score (nSPS) is 42.2. The zero-order valence-electron chi connectivity index (χ0n) is 8.46. The summed E-state index contributed by atoms with van der Waals surface area (Å²) < 4.78 is 0. The Labute approximate surface area is 77.2 Å². The predicted octanol–water partition coefficient (Wildman–Crippen LogP) is 2.23. The first-order valence-corrected chi connectivity index (χ1v) is 4.96. The predicted molar refractivity (Wildman–Crippen MR) is 57.8 cm³/mol. The van der Waals surface area contributed by atoms with Gasteiger partial charge in [0.15, 0.2) is 0 Å². The molecule has 1 heteroatoms. The summed E-state index contributed by atoms with van der Waals surface area (Å²) in [7, 11) is 2.11. The minimum Gasteiger partial charge on any atom is -0.127 e. The molecule has 0 radical (unpaired) electrons. The lowest BCUT2D eigenvalue weighted by molar-refractivity contribution is 0.381. The van der Waals surface area contributed by atoms with E-state index in [9.17, 15) is 0 Å². The van der Waals surface area contributed by atoms with Crippen LogP contribution in [-0.2, 0) is 0 Å². The maximum atomic E-state index is 3.90. The SMILES string of the molecule is B/C=C/C1CC(C=C)C(C)C1C. The molecule has 0 amide bonds. The van der Waals surface area contributed by atoms with Crippen LogP contribution >= 0.6 is 0 Å². The molecule has 66 valence electrons. The van der Waals surface area contributed by atoms with E-state index in [1.807, 2.05) is 0 Å². The molecule has 12 heavy (non-hydrogen) atoms. The van der Waals surface area contributed by atoms with Gasteiger partial charge in [0.05, 0.1) is 0 Å². The van der Waals surface area contributed by atoms with Gasteiger partial charge in [-0.2, -0.15) is 0 Å². The first kappa shape index (κ1) is 9.63. The van der Waals surface area contributed by atoms with Gasteiger partial charge >= 0.3 is 0 Å². The lowest BCUT2D eigenvalue weighted by atomic mass is 9.89. The van der Waals surface area contributed by atoms with Gasteiger partial charge in [-0.15, -0.1) is 12.6 Å². The van der Waals surface area contributed by atoms with E-state index in [0.29, 0.717) is 0 Å². The van der Waals surface area contributed by atoms with Gasteiger partial charge < -0.3 is 0 Å². The van der Waals surface area contributed by atoms with E-state index in [1.165, 1.54) is 6.42 Å². The molecule has 1 aliphatic rings. The van der Waals surface area contributed by atoms with Crippen LogP contribution in [0.5, 0.6) is 0 Å². The number of rotatable bonds is 2. The monoisotopic (exact) mass is 162 g/mol. The summed E-state index contributed by atoms with van der Waals surface area (Å²) in [6, 6.07) is 0. The van der Waals surface area contributed by atoms with Gasteiger partial charge in [-0.05, 0) is 30.1 Å². The summed E-state index contributed by atoms with van der Waals surface area (Å²) >= 11 is 0. The maximum Gasteiger partial charge on any atom is 0.129 e. The molecule has 0 heterocycles. The molecule has 0 aromatic carbocycles. The van der Waals surface area contributed by atoms with Crippen molar-refractivity contribution in [1.82, 2.24) is 0 Å². The van der Waals surface area contributed by atoms with Gasteiger partial charge in [-0.25, -0.2) is 0 Å². The fraction of sp³-hybridized carbons (Fsp3) is 0.636. The summed E-state index contributed by atoms with van der Waals surface area (Å²) in [5, 5.41) is 0. The van der Waals surface area contributed by atoms with Crippen molar-refractivity contribution < 1.29 is 0 Å². The van der Waals surface area contributed by atoms with Crippen molar-refractivity contribution in [2.45, 2.75) is 20.3 Å². The quantitative estimate of drug-likeness (QED) is 0.431. The van der Waals surface area contributed by atoms with Crippen molar-refractivity contribution in [2.75, 3.05) is 0 Å². The van der Waals surface area contributed by atoms with Gasteiger partial charge in [-0.1, -0.05) is 26.0 Å². The van der Waals surface area contributed by atoms with Gasteiger partial charge in [0, 0.05) is 0 Å². The molecule has 4 atom stereocenters. The van der Waals surface area contributed by atoms with E-state index >= 15 is 0 Å². The van der Waals surface area contributed by atoms with Crippen LogP contribution in [0, 0.1) is 23.7 Å². The van der Waals surface area contributed by atoms with Crippen LogP contribution in [-0.4, -0.2) is 7.85 Å². The Kier molecular flexibility index (Phi) is 3.19. The lowest BCUT2D eigenvalue weighted by Crippen LogP contribution is -2.08. The molecule has 0 nitrogen and oxygen atoms in total. The van der Waals surface area contributed by atoms with Crippen LogP contribution in [0.3, 0.4) is 0 Å². The molecule has 0 aromatic rings. The zero-order chi connectivity index (χ0) is 9.14. The van der Waals surface area contributed by atoms with Crippen LogP contribution in [0.4, 0.5) is 0 Å². The molecule has 4 unspecified atom stereocenters. The maximum absolute atomic E-state index is 3.90. The number of hydrogen-bond acceptors (Lipinski definition) is 0. The van der Waals surface area contributed by atoms with Gasteiger partial charge in [0.25, 0.3) is 0 Å². The van der Waals surface area contributed by atoms with Crippen molar-refractivity contribution in [1.29, 1.82) is 0 Å². The molecule has 0 spiro atoms. The van der Waals surface area contributed by atoms with Crippen molar-refractivity contribution >= 4 is 7.85 Å². The topological polar surface area (TPSA) is 0 Å². The highest BCUT2D eigenvalue weighted by atomic mass is 14.4. The van der Waals surface area contributed by atoms with Crippen LogP contribution in [0.25, 0.3) is 0 Å². The molecule has 0 aliphatic heterocycles. The molecular formula is C11H19B. The molecule has 0 bridgehead atoms. The molecular weight excluding hydrogens is 143 g/mol. The zero-order valence-corrected chi connectivity index (χ0v) is 8.46. The van der Waals surface area contributed by atoms with Gasteiger partial charge in [0.1, 0.15) is 7.85 Å². The van der Waals surface area contributed by atoms with Gasteiger partial charge in [0.2, 0.25) is 0 Å². The van der Waals surface area contributed by atoms with Crippen molar-refractivity contribution in [3.8, 4) is 0 Å². The van der Waals surface area contributed by atoms with Crippen molar-refractivity contribution in [2.24, 2.45) is 23.7 Å². The largest absolute Gasteiger partial charge is 0.129 e. The van der Waals surface area contributed by atoms with E-state index in [2.05, 4.69) is 46.4 Å². The molecule has 1 aliphatic carbocycles. The minimum absolute atomic E-state index is 0.737. The average molecular weight is 162 g/mol. The van der Waals surface area contributed by atoms with E-state index in [-0.39, 0.29) is 0 Å². The van der Waals surface area contributed by atoms with E-state index < -0.39 is 0 Å². The number of allylic oxidation sites excluding steroid dienone is 2. The first-order chi connectivity index (χ1) is 5.70. The second-order valence-corrected chi connectivity index (χ2v) is 4.04. The molecule has 0 aromatic heterocycles. The Balaban J connectivity index is 2.66. The Morgan fingerprint density at radius 2 is 1.83 bits per heavy atom. The summed E-state index contributed by atoms with van der Waals surface area (Å²) in [6.07, 6.45) is 5.78. The minimum atomic E-state index is 0.737. The second-order valence-electron chi connectivity index (χ2n) is 4.04. The molecule has 1 fully saturated rings. The molecule has 0 saturated heterocycles. The molecule has 1 rings (SSSR count). The van der Waals surface area contributed by atoms with E-state index in [1.54, 1.807) is 0 Å². The number of hydrogen-bond donors (Lipinski definition) is 0. The van der Waals surface area contributed by atoms with Crippen LogP contribution < -0.4 is 0 Å². The highest BCUT2D eigenvalue weighted by Crippen LogP contribution is 2.42. The standard InChI is InChI=1S/C11H19B/c1-4-10-7-11(5-6-12)9(3)8(10)2/h4-6,8-11H,1,7,12H2,2-3H3/b6-5+. The fourth-order valence-electron chi connectivity index (χ4n) is 2.34. The average Bonchev–Trinajstić information content (AvgIpc) is 2.33. The molecule has 0 N–H and O–H groups in total. The highest BCUT2D eigenvalue weighted by Gasteiger charge is 2.34. The third-order valence-electron chi connectivity index (χ3n) is 3.47. The van der Waals surface area contributed by atoms with E-state index in [4.69, 9.17) is 0 Å². The fourth-order valence-corrected chi connectivity index (χ4v) is 2.34. The summed E-state index contributed by atoms with van der Waals surface area (Å²) in [5.41, 5.74) is 0. The van der Waals surface area contributed by atoms with Gasteiger partial charge in [-0.3, -0.25) is 0 Å². The summed E-state index contributed by atoms with van der Waals surface area (Å²) in [4.78, 5) is 0. The lowest BCUT2D eigenvalue weighted by Gasteiger charge is -2.15. The Morgan fingerprint density at radius 1 is 1.25 bits per heavy atom. The summed E-state index contributed by atoms with van der Waals surface area (Å²) in [5.74, 6) is 5.33. The van der Waals surface area contributed by atoms with Crippen molar-refractivity contribution in [3.05, 3.63) is 24.7 Å². The van der Waals surface area contributed by atoms with Crippen LogP contribution in [0.2, 0.25) is 0 Å². The highest BCUT2D eigenvalue weighted by molar-refractivity contribution is 6.16. The smallest absolute Gasteiger partial charge is 0.127 e. The first-order valence-electron chi connectivity index (χ1n) is 4.96. The molecule has 1 saturated carbocycles. The Morgan fingerprint density at radius 3 is 2.25 bits per heavy atom. The van der Waals surface area contributed by atoms with Crippen LogP contribution in [0.15, 0.2) is 24.7 Å². The third kappa shape index (κ3) is 1.65. The Hall–Kier alpha value is -0.455.